The van der Waals surface area contributed by atoms with Crippen molar-refractivity contribution in [3.05, 3.63) is 30.3 Å². The van der Waals surface area contributed by atoms with Gasteiger partial charge in [-0.2, -0.15) is 15.1 Å². The molecule has 4 aliphatic heterocycles. The highest BCUT2D eigenvalue weighted by Crippen LogP contribution is 2.42. The van der Waals surface area contributed by atoms with Gasteiger partial charge in [0.2, 0.25) is 0 Å². The van der Waals surface area contributed by atoms with Gasteiger partial charge in [0.15, 0.2) is 5.82 Å². The van der Waals surface area contributed by atoms with Crippen molar-refractivity contribution in [2.24, 2.45) is 0 Å². The molecule has 0 unspecified atom stereocenters. The molecule has 4 aliphatic rings. The number of nitrogens with one attached hydrogen (secondary N) is 2. The van der Waals surface area contributed by atoms with Gasteiger partial charge in [-0.25, -0.2) is 4.39 Å². The Balaban J connectivity index is 1.26. The number of halogens is 4. The molecule has 226 valence electrons. The van der Waals surface area contributed by atoms with Crippen molar-refractivity contribution in [1.29, 1.82) is 0 Å². The van der Waals surface area contributed by atoms with E-state index in [9.17, 15) is 13.2 Å². The Morgan fingerprint density at radius 3 is 2.51 bits per heavy atom. The molecule has 10 nitrogen and oxygen atoms in total. The fourth-order valence-corrected chi connectivity index (χ4v) is 7.58. The molecule has 2 bridgehead atoms. The van der Waals surface area contributed by atoms with Crippen LogP contribution in [0.2, 0.25) is 0 Å². The van der Waals surface area contributed by atoms with E-state index in [4.69, 9.17) is 9.72 Å². The quantitative estimate of drug-likeness (QED) is 0.309. The molecule has 8 rings (SSSR count). The Morgan fingerprint density at radius 2 is 1.77 bits per heavy atom. The van der Waals surface area contributed by atoms with Gasteiger partial charge in [-0.1, -0.05) is 0 Å². The van der Waals surface area contributed by atoms with Crippen LogP contribution in [0.1, 0.15) is 38.5 Å². The number of nitrogens with zero attached hydrogens (tertiary/aromatic N) is 6. The minimum atomic E-state index is -4.99. The average molecular weight is 599 g/mol. The van der Waals surface area contributed by atoms with Gasteiger partial charge in [-0.15, -0.1) is 13.2 Å². The lowest BCUT2D eigenvalue weighted by molar-refractivity contribution is -0.274. The van der Waals surface area contributed by atoms with Crippen LogP contribution < -0.4 is 19.7 Å². The molecule has 0 spiro atoms. The lowest BCUT2D eigenvalue weighted by atomic mass is 9.95. The van der Waals surface area contributed by atoms with Gasteiger partial charge in [0, 0.05) is 36.8 Å². The van der Waals surface area contributed by atoms with Gasteiger partial charge in [-0.3, -0.25) is 15.0 Å². The van der Waals surface area contributed by atoms with Crippen molar-refractivity contribution >= 4 is 27.6 Å². The summed E-state index contributed by atoms with van der Waals surface area (Å²) in [5.41, 5.74) is -0.230. The molecule has 2 N–H and O–H groups in total. The maximum atomic E-state index is 16.6. The van der Waals surface area contributed by atoms with E-state index in [0.29, 0.717) is 36.4 Å². The molecule has 0 saturated carbocycles. The monoisotopic (exact) mass is 598 g/mol. The van der Waals surface area contributed by atoms with Crippen molar-refractivity contribution < 1.29 is 27.0 Å². The van der Waals surface area contributed by atoms with Crippen LogP contribution in [0.15, 0.2) is 24.5 Å². The summed E-state index contributed by atoms with van der Waals surface area (Å²) in [6, 6.07) is 3.14. The van der Waals surface area contributed by atoms with Crippen LogP contribution in [-0.4, -0.2) is 86.8 Å². The molecule has 2 atom stereocenters. The number of H-pyrrole nitrogens is 1. The molecular weight excluding hydrogens is 568 g/mol. The second kappa shape index (κ2) is 9.88. The van der Waals surface area contributed by atoms with Gasteiger partial charge in [0.25, 0.3) is 0 Å². The van der Waals surface area contributed by atoms with Crippen molar-refractivity contribution in [2.45, 2.75) is 62.5 Å². The minimum absolute atomic E-state index is 0.0471. The molecule has 0 radical (unpaired) electrons. The highest BCUT2D eigenvalue weighted by Gasteiger charge is 2.45. The maximum absolute atomic E-state index is 16.6. The third-order valence-corrected chi connectivity index (χ3v) is 9.49. The van der Waals surface area contributed by atoms with Gasteiger partial charge in [0.1, 0.15) is 29.4 Å². The normalized spacial score (nSPS) is 23.4. The fraction of sp³-hybridized carbons (Fsp3) is 0.517. The zero-order chi connectivity index (χ0) is 29.3. The Hall–Kier alpha value is -3.78. The van der Waals surface area contributed by atoms with E-state index in [1.165, 1.54) is 18.5 Å². The number of alkyl halides is 3. The van der Waals surface area contributed by atoms with Crippen LogP contribution in [0.4, 0.5) is 23.4 Å². The number of aromatic amines is 1. The molecular formula is C29H30F4N8O2. The van der Waals surface area contributed by atoms with E-state index in [0.717, 1.165) is 57.7 Å². The first-order valence-electron chi connectivity index (χ1n) is 14.7. The lowest BCUT2D eigenvalue weighted by Gasteiger charge is -2.34. The van der Waals surface area contributed by atoms with Crippen LogP contribution in [0.3, 0.4) is 0 Å². The SMILES string of the molecule is Fc1c(-c2c(OC(F)(F)F)ccc3[nH]ncc23)ncc2c(N3C[C@H]4CC[C@@H](C3)N4)nc(OCC34CCCN3CCC4)nc12. The highest BCUT2D eigenvalue weighted by atomic mass is 19.4. The first-order valence-corrected chi connectivity index (χ1v) is 14.7. The summed E-state index contributed by atoms with van der Waals surface area (Å²) in [7, 11) is 0. The average Bonchev–Trinajstić information content (AvgIpc) is 3.76. The van der Waals surface area contributed by atoms with Crippen molar-refractivity contribution in [3.63, 3.8) is 0 Å². The number of piperazine rings is 1. The number of pyridine rings is 1. The number of benzene rings is 1. The van der Waals surface area contributed by atoms with E-state index >= 15 is 4.39 Å². The Kier molecular flexibility index (Phi) is 6.16. The minimum Gasteiger partial charge on any atom is -0.461 e. The van der Waals surface area contributed by atoms with E-state index in [-0.39, 0.29) is 45.8 Å². The van der Waals surface area contributed by atoms with E-state index in [1.807, 2.05) is 0 Å². The summed E-state index contributed by atoms with van der Waals surface area (Å²) >= 11 is 0. The molecule has 0 aliphatic carbocycles. The van der Waals surface area contributed by atoms with Gasteiger partial charge >= 0.3 is 12.4 Å². The molecule has 3 aromatic heterocycles. The van der Waals surface area contributed by atoms with E-state index < -0.39 is 17.9 Å². The zero-order valence-corrected chi connectivity index (χ0v) is 23.3. The predicted octanol–water partition coefficient (Wildman–Crippen LogP) is 4.55. The molecule has 4 aromatic rings. The van der Waals surface area contributed by atoms with Crippen LogP contribution in [0, 0.1) is 5.82 Å². The highest BCUT2D eigenvalue weighted by molar-refractivity contribution is 6.00. The summed E-state index contributed by atoms with van der Waals surface area (Å²) in [5, 5.41) is 10.9. The lowest BCUT2D eigenvalue weighted by Crippen LogP contribution is -2.51. The Morgan fingerprint density at radius 1 is 1.00 bits per heavy atom. The molecule has 4 saturated heterocycles. The number of fused-ring (bicyclic) bond motifs is 5. The number of hydrogen-bond donors (Lipinski definition) is 2. The second-order valence-electron chi connectivity index (χ2n) is 12.1. The zero-order valence-electron chi connectivity index (χ0n) is 23.3. The first kappa shape index (κ1) is 26.8. The smallest absolute Gasteiger partial charge is 0.461 e. The molecule has 14 heteroatoms. The Bertz CT molecular complexity index is 1690. The molecule has 7 heterocycles. The molecule has 1 aromatic carbocycles. The third kappa shape index (κ3) is 4.62. The van der Waals surface area contributed by atoms with Crippen molar-refractivity contribution in [3.8, 4) is 23.0 Å². The van der Waals surface area contributed by atoms with Gasteiger partial charge in [0.05, 0.1) is 28.2 Å². The number of hydrogen-bond acceptors (Lipinski definition) is 9. The topological polar surface area (TPSA) is 104 Å². The van der Waals surface area contributed by atoms with Crippen LogP contribution in [-0.2, 0) is 0 Å². The Labute approximate surface area is 243 Å². The molecule has 4 fully saturated rings. The van der Waals surface area contributed by atoms with Crippen LogP contribution in [0.5, 0.6) is 11.8 Å². The summed E-state index contributed by atoms with van der Waals surface area (Å²) in [6.45, 7) is 3.81. The summed E-state index contributed by atoms with van der Waals surface area (Å²) < 4.78 is 67.4. The molecule has 43 heavy (non-hydrogen) atoms. The summed E-state index contributed by atoms with van der Waals surface area (Å²) in [4.78, 5) is 18.2. The second-order valence-corrected chi connectivity index (χ2v) is 12.1. The fourth-order valence-electron chi connectivity index (χ4n) is 7.58. The number of aromatic nitrogens is 5. The number of ether oxygens (including phenoxy) is 2. The predicted molar refractivity (Wildman–Crippen MR) is 149 cm³/mol. The largest absolute Gasteiger partial charge is 0.573 e. The number of rotatable bonds is 6. The van der Waals surface area contributed by atoms with Crippen LogP contribution in [0.25, 0.3) is 33.1 Å². The summed E-state index contributed by atoms with van der Waals surface area (Å²) in [6.07, 6.45) is 4.08. The standard InChI is InChI=1S/C29H30F4N8O2/c30-23-24-19(11-34-25(23)22-18-12-35-39-20(18)5-6-21(22)43-29(31,32)33)26(40-13-16-3-4-17(14-40)36-16)38-27(37-24)42-15-28-7-1-9-41(28)10-2-8-28/h5-6,11-12,16-17,36H,1-4,7-10,13-15H2,(H,35,39)/t16-,17+. The van der Waals surface area contributed by atoms with E-state index in [2.05, 4.69) is 40.0 Å². The number of anilines is 1. The van der Waals surface area contributed by atoms with E-state index in [1.54, 1.807) is 0 Å². The first-order chi connectivity index (χ1) is 20.8. The third-order valence-electron chi connectivity index (χ3n) is 9.49. The van der Waals surface area contributed by atoms with Gasteiger partial charge < -0.3 is 19.7 Å². The maximum Gasteiger partial charge on any atom is 0.573 e. The summed E-state index contributed by atoms with van der Waals surface area (Å²) in [5.74, 6) is -0.957. The van der Waals surface area contributed by atoms with Gasteiger partial charge in [-0.05, 0) is 63.7 Å². The van der Waals surface area contributed by atoms with Crippen molar-refractivity contribution in [1.82, 2.24) is 35.4 Å². The van der Waals surface area contributed by atoms with Crippen LogP contribution >= 0.6 is 0 Å². The van der Waals surface area contributed by atoms with Crippen molar-refractivity contribution in [2.75, 3.05) is 37.7 Å². The molecule has 0 amide bonds.